The molecule has 2 aliphatic rings. The molecule has 8 rings (SSSR count). The van der Waals surface area contributed by atoms with Gasteiger partial charge in [0.15, 0.2) is 0 Å². The van der Waals surface area contributed by atoms with Gasteiger partial charge in [-0.3, -0.25) is 0 Å². The zero-order valence-electron chi connectivity index (χ0n) is 32.1. The summed E-state index contributed by atoms with van der Waals surface area (Å²) in [6.45, 7) is 4.65. The van der Waals surface area contributed by atoms with Gasteiger partial charge in [0.2, 0.25) is 0 Å². The standard InChI is InChI=1S/C53H56/c1-3-5-7-11-32-53(33-12-8-6-4-2)51-17-10-9-16-49(51)50-31-22-42(37-52(50)53)35-40-20-25-44(26-21-40)43-23-18-39(19-24-43)34-41-14-13-15-46(36-41)48-30-28-45-27-29-47(45)38-48/h9-10,13-26,28,30-31,36-38H,3-8,11-12,27,29,32-35H2,1-2H3. The summed E-state index contributed by atoms with van der Waals surface area (Å²) in [4.78, 5) is 0. The van der Waals surface area contributed by atoms with Crippen LogP contribution < -0.4 is 0 Å². The van der Waals surface area contributed by atoms with Gasteiger partial charge in [0.1, 0.15) is 0 Å². The summed E-state index contributed by atoms with van der Waals surface area (Å²) in [7, 11) is 0. The predicted molar refractivity (Wildman–Crippen MR) is 227 cm³/mol. The molecule has 0 nitrogen and oxygen atoms in total. The fourth-order valence-electron chi connectivity index (χ4n) is 9.32. The highest BCUT2D eigenvalue weighted by molar-refractivity contribution is 5.81. The fourth-order valence-corrected chi connectivity index (χ4v) is 9.32. The minimum absolute atomic E-state index is 0.143. The van der Waals surface area contributed by atoms with Crippen LogP contribution in [0.3, 0.4) is 0 Å². The van der Waals surface area contributed by atoms with Gasteiger partial charge in [0, 0.05) is 5.41 Å². The zero-order valence-corrected chi connectivity index (χ0v) is 32.1. The number of aryl methyl sites for hydroxylation is 2. The van der Waals surface area contributed by atoms with Crippen LogP contribution in [0, 0.1) is 0 Å². The first kappa shape index (κ1) is 35.4. The average Bonchev–Trinajstić information content (AvgIpc) is 3.45. The van der Waals surface area contributed by atoms with Crippen molar-refractivity contribution in [2.75, 3.05) is 0 Å². The second-order valence-electron chi connectivity index (χ2n) is 16.1. The predicted octanol–water partition coefficient (Wildman–Crippen LogP) is 14.5. The van der Waals surface area contributed by atoms with E-state index in [1.54, 1.807) is 11.1 Å². The molecular formula is C53H56. The Kier molecular flexibility index (Phi) is 10.8. The highest BCUT2D eigenvalue weighted by Crippen LogP contribution is 2.54. The molecule has 2 aliphatic carbocycles. The van der Waals surface area contributed by atoms with Gasteiger partial charge in [0.05, 0.1) is 0 Å². The molecule has 0 saturated carbocycles. The third kappa shape index (κ3) is 7.57. The maximum Gasteiger partial charge on any atom is 0.0215 e. The van der Waals surface area contributed by atoms with E-state index in [-0.39, 0.29) is 5.41 Å². The van der Waals surface area contributed by atoms with E-state index in [2.05, 4.69) is 147 Å². The Labute approximate surface area is 319 Å². The Bertz CT molecular complexity index is 2130. The van der Waals surface area contributed by atoms with Crippen molar-refractivity contribution < 1.29 is 0 Å². The minimum Gasteiger partial charge on any atom is -0.0654 e. The molecule has 0 heteroatoms. The lowest BCUT2D eigenvalue weighted by atomic mass is 9.70. The monoisotopic (exact) mass is 692 g/mol. The van der Waals surface area contributed by atoms with Crippen LogP contribution in [0.2, 0.25) is 0 Å². The SMILES string of the molecule is CCCCCCC1(CCCCCC)c2ccccc2-c2ccc(Cc3ccc(-c4ccc(Cc5cccc(-c6ccc7c(c6)CC7)c5)cc4)cc3)cc21. The van der Waals surface area contributed by atoms with Gasteiger partial charge < -0.3 is 0 Å². The van der Waals surface area contributed by atoms with Crippen molar-refractivity contribution in [2.45, 2.75) is 109 Å². The number of hydrogen-bond donors (Lipinski definition) is 0. The molecular weight excluding hydrogens is 637 g/mol. The van der Waals surface area contributed by atoms with E-state index in [9.17, 15) is 0 Å². The normalized spacial score (nSPS) is 13.6. The zero-order chi connectivity index (χ0) is 36.0. The topological polar surface area (TPSA) is 0 Å². The Balaban J connectivity index is 0.968. The van der Waals surface area contributed by atoms with Crippen molar-refractivity contribution in [3.8, 4) is 33.4 Å². The highest BCUT2D eigenvalue weighted by atomic mass is 14.4. The van der Waals surface area contributed by atoms with Gasteiger partial charge in [-0.2, -0.15) is 0 Å². The Morgan fingerprint density at radius 3 is 1.58 bits per heavy atom. The molecule has 0 atom stereocenters. The second kappa shape index (κ2) is 16.1. The lowest BCUT2D eigenvalue weighted by Crippen LogP contribution is -2.25. The summed E-state index contributed by atoms with van der Waals surface area (Å²) in [6, 6.07) is 51.4. The molecule has 0 amide bonds. The quantitative estimate of drug-likeness (QED) is 0.0886. The number of fused-ring (bicyclic) bond motifs is 4. The highest BCUT2D eigenvalue weighted by Gasteiger charge is 2.42. The first-order valence-electron chi connectivity index (χ1n) is 20.8. The molecule has 0 bridgehead atoms. The molecule has 0 unspecified atom stereocenters. The first-order valence-corrected chi connectivity index (χ1v) is 20.8. The van der Waals surface area contributed by atoms with Crippen LogP contribution in [0.5, 0.6) is 0 Å². The molecule has 0 heterocycles. The Morgan fingerprint density at radius 1 is 0.396 bits per heavy atom. The number of unbranched alkanes of at least 4 members (excludes halogenated alkanes) is 6. The van der Waals surface area contributed by atoms with Gasteiger partial charge in [-0.1, -0.05) is 199 Å². The number of hydrogen-bond acceptors (Lipinski definition) is 0. The Morgan fingerprint density at radius 2 is 0.962 bits per heavy atom. The molecule has 268 valence electrons. The smallest absolute Gasteiger partial charge is 0.0215 e. The van der Waals surface area contributed by atoms with Crippen LogP contribution >= 0.6 is 0 Å². The van der Waals surface area contributed by atoms with E-state index >= 15 is 0 Å². The second-order valence-corrected chi connectivity index (χ2v) is 16.1. The summed E-state index contributed by atoms with van der Waals surface area (Å²) >= 11 is 0. The van der Waals surface area contributed by atoms with Crippen molar-refractivity contribution in [1.29, 1.82) is 0 Å². The van der Waals surface area contributed by atoms with Crippen molar-refractivity contribution in [2.24, 2.45) is 0 Å². The largest absolute Gasteiger partial charge is 0.0654 e. The van der Waals surface area contributed by atoms with Crippen molar-refractivity contribution >= 4 is 0 Å². The number of rotatable bonds is 16. The summed E-state index contributed by atoms with van der Waals surface area (Å²) < 4.78 is 0. The van der Waals surface area contributed by atoms with E-state index < -0.39 is 0 Å². The average molecular weight is 693 g/mol. The molecule has 0 aliphatic heterocycles. The summed E-state index contributed by atoms with van der Waals surface area (Å²) in [5.41, 5.74) is 20.1. The molecule has 0 fully saturated rings. The van der Waals surface area contributed by atoms with Crippen LogP contribution in [0.1, 0.15) is 123 Å². The van der Waals surface area contributed by atoms with Crippen LogP contribution in [0.15, 0.2) is 133 Å². The summed E-state index contributed by atoms with van der Waals surface area (Å²) in [6.07, 6.45) is 17.5. The maximum absolute atomic E-state index is 2.60. The van der Waals surface area contributed by atoms with Crippen LogP contribution in [-0.2, 0) is 31.1 Å². The van der Waals surface area contributed by atoms with E-state index in [4.69, 9.17) is 0 Å². The molecule has 0 aromatic heterocycles. The number of benzene rings is 6. The van der Waals surface area contributed by atoms with Crippen molar-refractivity contribution in [3.05, 3.63) is 178 Å². The van der Waals surface area contributed by atoms with Crippen molar-refractivity contribution in [3.63, 3.8) is 0 Å². The lowest BCUT2D eigenvalue weighted by Gasteiger charge is -2.33. The van der Waals surface area contributed by atoms with E-state index in [1.165, 1.54) is 144 Å². The summed E-state index contributed by atoms with van der Waals surface area (Å²) in [5, 5.41) is 0. The van der Waals surface area contributed by atoms with E-state index in [0.717, 1.165) is 12.8 Å². The van der Waals surface area contributed by atoms with E-state index in [0.29, 0.717) is 0 Å². The van der Waals surface area contributed by atoms with Gasteiger partial charge in [-0.25, -0.2) is 0 Å². The van der Waals surface area contributed by atoms with Gasteiger partial charge >= 0.3 is 0 Å². The Hall–Kier alpha value is -4.68. The molecule has 0 N–H and O–H groups in total. The summed E-state index contributed by atoms with van der Waals surface area (Å²) in [5.74, 6) is 0. The molecule has 0 saturated heterocycles. The van der Waals surface area contributed by atoms with Gasteiger partial charge in [0.25, 0.3) is 0 Å². The minimum atomic E-state index is 0.143. The van der Waals surface area contributed by atoms with Crippen molar-refractivity contribution in [1.82, 2.24) is 0 Å². The molecule has 0 radical (unpaired) electrons. The molecule has 0 spiro atoms. The van der Waals surface area contributed by atoms with Gasteiger partial charge in [-0.05, 0) is 116 Å². The molecule has 53 heavy (non-hydrogen) atoms. The van der Waals surface area contributed by atoms with Crippen LogP contribution in [-0.4, -0.2) is 0 Å². The van der Waals surface area contributed by atoms with Crippen LogP contribution in [0.25, 0.3) is 33.4 Å². The lowest BCUT2D eigenvalue weighted by molar-refractivity contribution is 0.401. The van der Waals surface area contributed by atoms with Crippen LogP contribution in [0.4, 0.5) is 0 Å². The van der Waals surface area contributed by atoms with E-state index in [1.807, 2.05) is 0 Å². The third-order valence-corrected chi connectivity index (χ3v) is 12.4. The fraction of sp³-hybridized carbons (Fsp3) is 0.321. The molecule has 6 aromatic carbocycles. The maximum atomic E-state index is 2.60. The van der Waals surface area contributed by atoms with Gasteiger partial charge in [-0.15, -0.1) is 0 Å². The first-order chi connectivity index (χ1) is 26.1. The molecule has 6 aromatic rings. The third-order valence-electron chi connectivity index (χ3n) is 12.4.